The van der Waals surface area contributed by atoms with Gasteiger partial charge in [-0.15, -0.1) is 0 Å². The Morgan fingerprint density at radius 2 is 1.97 bits per heavy atom. The van der Waals surface area contributed by atoms with Gasteiger partial charge in [0.1, 0.15) is 17.2 Å². The van der Waals surface area contributed by atoms with Gasteiger partial charge in [0.05, 0.1) is 20.3 Å². The molecule has 1 aliphatic heterocycles. The molecule has 30 heavy (non-hydrogen) atoms. The van der Waals surface area contributed by atoms with Crippen LogP contribution in [-0.4, -0.2) is 54.4 Å². The molecule has 2 atom stereocenters. The first-order valence-corrected chi connectivity index (χ1v) is 9.96. The van der Waals surface area contributed by atoms with Gasteiger partial charge in [-0.3, -0.25) is 14.8 Å². The van der Waals surface area contributed by atoms with Gasteiger partial charge >= 0.3 is 0 Å². The summed E-state index contributed by atoms with van der Waals surface area (Å²) < 4.78 is 11.1. The molecule has 2 aromatic carbocycles. The monoisotopic (exact) mass is 406 g/mol. The van der Waals surface area contributed by atoms with Crippen molar-refractivity contribution < 1.29 is 14.3 Å². The Morgan fingerprint density at radius 1 is 1.13 bits per heavy atom. The van der Waals surface area contributed by atoms with Crippen molar-refractivity contribution >= 4 is 5.91 Å². The second kappa shape index (κ2) is 9.00. The van der Waals surface area contributed by atoms with Crippen LogP contribution in [0.2, 0.25) is 0 Å². The average molecular weight is 406 g/mol. The van der Waals surface area contributed by atoms with Crippen molar-refractivity contribution in [2.24, 2.45) is 0 Å². The number of amides is 1. The lowest BCUT2D eigenvalue weighted by atomic mass is 9.93. The molecule has 1 amide bonds. The Labute approximate surface area is 176 Å². The lowest BCUT2D eigenvalue weighted by Gasteiger charge is -2.22. The largest absolute Gasteiger partial charge is 0.497 e. The third-order valence-corrected chi connectivity index (χ3v) is 5.54. The molecule has 7 heteroatoms. The lowest BCUT2D eigenvalue weighted by molar-refractivity contribution is 0.0929. The number of carbonyl (C=O) groups excluding carboxylic acids is 1. The molecule has 0 radical (unpaired) electrons. The van der Waals surface area contributed by atoms with Crippen molar-refractivity contribution in [2.75, 3.05) is 27.3 Å². The number of nitrogens with zero attached hydrogens (tertiary/aromatic N) is 2. The number of methoxy groups -OCH3 is 2. The number of likely N-dealkylation sites (tertiary alicyclic amines) is 1. The number of hydrogen-bond acceptors (Lipinski definition) is 5. The first-order chi connectivity index (χ1) is 14.7. The number of benzene rings is 2. The Kier molecular flexibility index (Phi) is 5.99. The standard InChI is InChI=1S/C23H26N4O3/c1-29-17-8-9-22(30-2)18(12-17)19-14-27(13-16-6-4-3-5-7-16)15-21(19)25-23(28)20-10-11-24-26-20/h3-12,19,21H,13-15H2,1-2H3,(H,24,26)(H,25,28)/t19-,21+/m0/s1. The van der Waals surface area contributed by atoms with Crippen molar-refractivity contribution in [1.29, 1.82) is 0 Å². The van der Waals surface area contributed by atoms with Gasteiger partial charge < -0.3 is 14.8 Å². The van der Waals surface area contributed by atoms with Crippen LogP contribution in [-0.2, 0) is 6.54 Å². The molecule has 0 unspecified atom stereocenters. The van der Waals surface area contributed by atoms with Gasteiger partial charge in [0.15, 0.2) is 0 Å². The number of aromatic nitrogens is 2. The Hall–Kier alpha value is -3.32. The predicted octanol–water partition coefficient (Wildman–Crippen LogP) is 2.82. The summed E-state index contributed by atoms with van der Waals surface area (Å²) >= 11 is 0. The molecule has 1 fully saturated rings. The molecule has 0 spiro atoms. The average Bonchev–Trinajstić information content (AvgIpc) is 3.44. The van der Waals surface area contributed by atoms with Gasteiger partial charge in [-0.05, 0) is 29.8 Å². The summed E-state index contributed by atoms with van der Waals surface area (Å²) in [5.41, 5.74) is 2.73. The Bertz CT molecular complexity index is 975. The number of hydrogen-bond donors (Lipinski definition) is 2. The maximum Gasteiger partial charge on any atom is 0.269 e. The van der Waals surface area contributed by atoms with E-state index in [1.54, 1.807) is 26.5 Å². The van der Waals surface area contributed by atoms with Gasteiger partial charge in [-0.25, -0.2) is 0 Å². The zero-order chi connectivity index (χ0) is 20.9. The molecule has 0 aliphatic carbocycles. The van der Waals surface area contributed by atoms with E-state index in [2.05, 4.69) is 32.5 Å². The number of H-pyrrole nitrogens is 1. The summed E-state index contributed by atoms with van der Waals surface area (Å²) in [4.78, 5) is 15.1. The van der Waals surface area contributed by atoms with Crippen molar-refractivity contribution in [2.45, 2.75) is 18.5 Å². The molecule has 3 aromatic rings. The topological polar surface area (TPSA) is 79.5 Å². The van der Waals surface area contributed by atoms with E-state index in [1.807, 2.05) is 36.4 Å². The summed E-state index contributed by atoms with van der Waals surface area (Å²) in [6, 6.07) is 17.8. The van der Waals surface area contributed by atoms with E-state index in [9.17, 15) is 4.79 Å². The zero-order valence-electron chi connectivity index (χ0n) is 17.2. The van der Waals surface area contributed by atoms with Crippen LogP contribution < -0.4 is 14.8 Å². The Balaban J connectivity index is 1.61. The van der Waals surface area contributed by atoms with Crippen LogP contribution in [0.5, 0.6) is 11.5 Å². The summed E-state index contributed by atoms with van der Waals surface area (Å²) in [5.74, 6) is 1.46. The van der Waals surface area contributed by atoms with Crippen LogP contribution in [0, 0.1) is 0 Å². The van der Waals surface area contributed by atoms with E-state index in [0.717, 1.165) is 36.7 Å². The summed E-state index contributed by atoms with van der Waals surface area (Å²) in [6.45, 7) is 2.35. The van der Waals surface area contributed by atoms with Crippen LogP contribution in [0.4, 0.5) is 0 Å². The number of nitrogens with one attached hydrogen (secondary N) is 2. The van der Waals surface area contributed by atoms with Crippen molar-refractivity contribution in [3.05, 3.63) is 77.6 Å². The maximum atomic E-state index is 12.7. The smallest absolute Gasteiger partial charge is 0.269 e. The van der Waals surface area contributed by atoms with Crippen molar-refractivity contribution in [1.82, 2.24) is 20.4 Å². The highest BCUT2D eigenvalue weighted by Crippen LogP contribution is 2.36. The lowest BCUT2D eigenvalue weighted by Crippen LogP contribution is -2.40. The van der Waals surface area contributed by atoms with Gasteiger partial charge in [0.25, 0.3) is 5.91 Å². The minimum atomic E-state index is -0.161. The highest BCUT2D eigenvalue weighted by atomic mass is 16.5. The van der Waals surface area contributed by atoms with Crippen molar-refractivity contribution in [3.63, 3.8) is 0 Å². The third-order valence-electron chi connectivity index (χ3n) is 5.54. The molecular formula is C23H26N4O3. The number of aromatic amines is 1. The second-order valence-corrected chi connectivity index (χ2v) is 7.44. The fraction of sp³-hybridized carbons (Fsp3) is 0.304. The summed E-state index contributed by atoms with van der Waals surface area (Å²) in [7, 11) is 3.32. The molecule has 0 saturated carbocycles. The highest BCUT2D eigenvalue weighted by molar-refractivity contribution is 5.92. The molecule has 1 saturated heterocycles. The van der Waals surface area contributed by atoms with E-state index >= 15 is 0 Å². The number of rotatable bonds is 7. The predicted molar refractivity (Wildman–Crippen MR) is 114 cm³/mol. The fourth-order valence-electron chi connectivity index (χ4n) is 4.08. The van der Waals surface area contributed by atoms with Gasteiger partial charge in [0, 0.05) is 37.3 Å². The molecule has 1 aromatic heterocycles. The van der Waals surface area contributed by atoms with Crippen LogP contribution in [0.15, 0.2) is 60.8 Å². The molecule has 2 heterocycles. The highest BCUT2D eigenvalue weighted by Gasteiger charge is 2.37. The fourth-order valence-corrected chi connectivity index (χ4v) is 4.08. The summed E-state index contributed by atoms with van der Waals surface area (Å²) in [6.07, 6.45) is 1.58. The van der Waals surface area contributed by atoms with E-state index < -0.39 is 0 Å². The molecular weight excluding hydrogens is 380 g/mol. The Morgan fingerprint density at radius 3 is 2.67 bits per heavy atom. The normalized spacial score (nSPS) is 18.9. The first kappa shape index (κ1) is 20.0. The minimum Gasteiger partial charge on any atom is -0.497 e. The van der Waals surface area contributed by atoms with Crippen LogP contribution in [0.1, 0.15) is 27.5 Å². The molecule has 1 aliphatic rings. The second-order valence-electron chi connectivity index (χ2n) is 7.44. The van der Waals surface area contributed by atoms with Gasteiger partial charge in [-0.2, -0.15) is 5.10 Å². The summed E-state index contributed by atoms with van der Waals surface area (Å²) in [5, 5.41) is 9.81. The molecule has 7 nitrogen and oxygen atoms in total. The number of ether oxygens (including phenoxy) is 2. The molecule has 0 bridgehead atoms. The van der Waals surface area contributed by atoms with Crippen molar-refractivity contribution in [3.8, 4) is 11.5 Å². The van der Waals surface area contributed by atoms with Crippen LogP contribution >= 0.6 is 0 Å². The minimum absolute atomic E-state index is 0.0608. The van der Waals surface area contributed by atoms with E-state index in [0.29, 0.717) is 5.69 Å². The first-order valence-electron chi connectivity index (χ1n) is 9.96. The zero-order valence-corrected chi connectivity index (χ0v) is 17.2. The van der Waals surface area contributed by atoms with Gasteiger partial charge in [0.2, 0.25) is 0 Å². The van der Waals surface area contributed by atoms with Crippen LogP contribution in [0.3, 0.4) is 0 Å². The third kappa shape index (κ3) is 4.31. The van der Waals surface area contributed by atoms with Gasteiger partial charge in [-0.1, -0.05) is 30.3 Å². The molecule has 4 rings (SSSR count). The molecule has 2 N–H and O–H groups in total. The number of carbonyl (C=O) groups is 1. The quantitative estimate of drug-likeness (QED) is 0.631. The van der Waals surface area contributed by atoms with E-state index in [4.69, 9.17) is 9.47 Å². The maximum absolute atomic E-state index is 12.7. The van der Waals surface area contributed by atoms with Crippen LogP contribution in [0.25, 0.3) is 0 Å². The van der Waals surface area contributed by atoms with E-state index in [-0.39, 0.29) is 17.9 Å². The van der Waals surface area contributed by atoms with E-state index in [1.165, 1.54) is 5.56 Å². The SMILES string of the molecule is COc1ccc(OC)c([C@@H]2CN(Cc3ccccc3)C[C@H]2NC(=O)c2ccn[nH]2)c1. The molecule has 156 valence electrons.